The number of hydrogen-bond acceptors (Lipinski definition) is 3. The number of carbonyl (C=O) groups is 2. The SMILES string of the molecule is C[C@H](NC(=O)Nc1cccc(C(=O)NC(C)(C)C)c1)c1ccccn1. The molecule has 25 heavy (non-hydrogen) atoms. The first-order valence-corrected chi connectivity index (χ1v) is 8.15. The Morgan fingerprint density at radius 2 is 1.84 bits per heavy atom. The summed E-state index contributed by atoms with van der Waals surface area (Å²) in [6.45, 7) is 7.60. The molecule has 0 fully saturated rings. The quantitative estimate of drug-likeness (QED) is 0.796. The topological polar surface area (TPSA) is 83.1 Å². The molecule has 6 nitrogen and oxygen atoms in total. The van der Waals surface area contributed by atoms with Crippen molar-refractivity contribution in [3.63, 3.8) is 0 Å². The smallest absolute Gasteiger partial charge is 0.319 e. The lowest BCUT2D eigenvalue weighted by molar-refractivity contribution is 0.0919. The molecular formula is C19H24N4O2. The Kier molecular flexibility index (Phi) is 5.75. The number of anilines is 1. The maximum atomic E-state index is 12.2. The summed E-state index contributed by atoms with van der Waals surface area (Å²) in [5.74, 6) is -0.182. The number of nitrogens with one attached hydrogen (secondary N) is 3. The molecule has 0 bridgehead atoms. The molecule has 2 aromatic rings. The van der Waals surface area contributed by atoms with E-state index < -0.39 is 0 Å². The van der Waals surface area contributed by atoms with Crippen molar-refractivity contribution >= 4 is 17.6 Å². The Hall–Kier alpha value is -2.89. The molecular weight excluding hydrogens is 316 g/mol. The third-order valence-corrected chi connectivity index (χ3v) is 3.35. The lowest BCUT2D eigenvalue weighted by Crippen LogP contribution is -2.40. The highest BCUT2D eigenvalue weighted by Crippen LogP contribution is 2.13. The number of pyridine rings is 1. The zero-order chi connectivity index (χ0) is 18.4. The Labute approximate surface area is 148 Å². The largest absolute Gasteiger partial charge is 0.347 e. The second kappa shape index (κ2) is 7.79. The molecule has 0 saturated carbocycles. The van der Waals surface area contributed by atoms with Gasteiger partial charge in [0, 0.05) is 23.0 Å². The van der Waals surface area contributed by atoms with Gasteiger partial charge < -0.3 is 16.0 Å². The van der Waals surface area contributed by atoms with Crippen LogP contribution in [0, 0.1) is 0 Å². The minimum absolute atomic E-state index is 0.182. The van der Waals surface area contributed by atoms with E-state index in [1.54, 1.807) is 30.5 Å². The molecule has 0 aliphatic rings. The summed E-state index contributed by atoms with van der Waals surface area (Å²) in [4.78, 5) is 28.6. The van der Waals surface area contributed by atoms with Gasteiger partial charge >= 0.3 is 6.03 Å². The predicted octanol–water partition coefficient (Wildman–Crippen LogP) is 3.49. The van der Waals surface area contributed by atoms with E-state index in [0.717, 1.165) is 5.69 Å². The molecule has 0 aliphatic carbocycles. The van der Waals surface area contributed by atoms with E-state index in [4.69, 9.17) is 0 Å². The number of nitrogens with zero attached hydrogens (tertiary/aromatic N) is 1. The summed E-state index contributed by atoms with van der Waals surface area (Å²) in [6.07, 6.45) is 1.68. The van der Waals surface area contributed by atoms with Gasteiger partial charge in [0.15, 0.2) is 0 Å². The normalized spacial score (nSPS) is 12.2. The van der Waals surface area contributed by atoms with Gasteiger partial charge in [0.25, 0.3) is 5.91 Å². The molecule has 0 aliphatic heterocycles. The van der Waals surface area contributed by atoms with Gasteiger partial charge in [-0.2, -0.15) is 0 Å². The van der Waals surface area contributed by atoms with E-state index in [1.807, 2.05) is 45.9 Å². The zero-order valence-electron chi connectivity index (χ0n) is 15.0. The number of amides is 3. The first-order valence-electron chi connectivity index (χ1n) is 8.15. The summed E-state index contributed by atoms with van der Waals surface area (Å²) in [7, 11) is 0. The minimum Gasteiger partial charge on any atom is -0.347 e. The fraction of sp³-hybridized carbons (Fsp3) is 0.316. The number of rotatable bonds is 4. The molecule has 0 spiro atoms. The van der Waals surface area contributed by atoms with Crippen LogP contribution in [-0.2, 0) is 0 Å². The van der Waals surface area contributed by atoms with Crippen molar-refractivity contribution in [1.29, 1.82) is 0 Å². The van der Waals surface area contributed by atoms with Crippen molar-refractivity contribution in [3.8, 4) is 0 Å². The minimum atomic E-state index is -0.355. The lowest BCUT2D eigenvalue weighted by atomic mass is 10.1. The van der Waals surface area contributed by atoms with Crippen molar-refractivity contribution in [2.45, 2.75) is 39.3 Å². The fourth-order valence-corrected chi connectivity index (χ4v) is 2.22. The molecule has 1 atom stereocenters. The predicted molar refractivity (Wildman–Crippen MR) is 98.5 cm³/mol. The highest BCUT2D eigenvalue weighted by Gasteiger charge is 2.16. The van der Waals surface area contributed by atoms with Crippen LogP contribution in [-0.4, -0.2) is 22.5 Å². The Morgan fingerprint density at radius 3 is 2.48 bits per heavy atom. The highest BCUT2D eigenvalue weighted by molar-refractivity contribution is 5.97. The molecule has 1 aromatic heterocycles. The van der Waals surface area contributed by atoms with E-state index >= 15 is 0 Å². The van der Waals surface area contributed by atoms with Crippen LogP contribution in [0.3, 0.4) is 0 Å². The molecule has 6 heteroatoms. The lowest BCUT2D eigenvalue weighted by Gasteiger charge is -2.20. The van der Waals surface area contributed by atoms with Crippen LogP contribution in [0.2, 0.25) is 0 Å². The summed E-state index contributed by atoms with van der Waals surface area (Å²) < 4.78 is 0. The molecule has 0 saturated heterocycles. The van der Waals surface area contributed by atoms with E-state index in [9.17, 15) is 9.59 Å². The third-order valence-electron chi connectivity index (χ3n) is 3.35. The van der Waals surface area contributed by atoms with Crippen molar-refractivity contribution in [1.82, 2.24) is 15.6 Å². The maximum absolute atomic E-state index is 12.2. The molecule has 0 unspecified atom stereocenters. The molecule has 3 N–H and O–H groups in total. The molecule has 1 aromatic carbocycles. The number of carbonyl (C=O) groups excluding carboxylic acids is 2. The molecule has 3 amide bonds. The van der Waals surface area contributed by atoms with Crippen LogP contribution in [0.5, 0.6) is 0 Å². The van der Waals surface area contributed by atoms with Crippen LogP contribution in [0.4, 0.5) is 10.5 Å². The van der Waals surface area contributed by atoms with Gasteiger partial charge in [0.2, 0.25) is 0 Å². The van der Waals surface area contributed by atoms with Crippen LogP contribution in [0.1, 0.15) is 49.8 Å². The standard InChI is InChI=1S/C19H24N4O2/c1-13(16-10-5-6-11-20-16)21-18(25)22-15-9-7-8-14(12-15)17(24)23-19(2,3)4/h5-13H,1-4H3,(H,23,24)(H2,21,22,25)/t13-/m0/s1. The second-order valence-corrected chi connectivity index (χ2v) is 6.86. The Balaban J connectivity index is 1.99. The molecule has 1 heterocycles. The average Bonchev–Trinajstić information content (AvgIpc) is 2.54. The van der Waals surface area contributed by atoms with Crippen molar-refractivity contribution in [2.24, 2.45) is 0 Å². The second-order valence-electron chi connectivity index (χ2n) is 6.86. The van der Waals surface area contributed by atoms with Gasteiger partial charge in [-0.1, -0.05) is 12.1 Å². The van der Waals surface area contributed by atoms with E-state index in [0.29, 0.717) is 11.3 Å². The van der Waals surface area contributed by atoms with Gasteiger partial charge in [0.1, 0.15) is 0 Å². The number of aromatic nitrogens is 1. The van der Waals surface area contributed by atoms with Crippen LogP contribution in [0.15, 0.2) is 48.7 Å². The third kappa shape index (κ3) is 5.91. The van der Waals surface area contributed by atoms with E-state index in [1.165, 1.54) is 0 Å². The van der Waals surface area contributed by atoms with Gasteiger partial charge in [-0.3, -0.25) is 9.78 Å². The molecule has 132 valence electrons. The van der Waals surface area contributed by atoms with E-state index in [2.05, 4.69) is 20.9 Å². The highest BCUT2D eigenvalue weighted by atomic mass is 16.2. The monoisotopic (exact) mass is 340 g/mol. The zero-order valence-corrected chi connectivity index (χ0v) is 15.0. The van der Waals surface area contributed by atoms with Crippen LogP contribution in [0.25, 0.3) is 0 Å². The number of hydrogen-bond donors (Lipinski definition) is 3. The maximum Gasteiger partial charge on any atom is 0.319 e. The first-order chi connectivity index (χ1) is 11.7. The Bertz CT molecular complexity index is 739. The van der Waals surface area contributed by atoms with Crippen LogP contribution >= 0.6 is 0 Å². The van der Waals surface area contributed by atoms with Gasteiger partial charge in [0.05, 0.1) is 11.7 Å². The summed E-state index contributed by atoms with van der Waals surface area (Å²) in [5.41, 5.74) is 1.49. The van der Waals surface area contributed by atoms with Crippen LogP contribution < -0.4 is 16.0 Å². The first kappa shape index (κ1) is 18.4. The fourth-order valence-electron chi connectivity index (χ4n) is 2.22. The Morgan fingerprint density at radius 1 is 1.08 bits per heavy atom. The van der Waals surface area contributed by atoms with Gasteiger partial charge in [-0.25, -0.2) is 4.79 Å². The summed E-state index contributed by atoms with van der Waals surface area (Å²) >= 11 is 0. The average molecular weight is 340 g/mol. The molecule has 2 rings (SSSR count). The van der Waals surface area contributed by atoms with Crippen molar-refractivity contribution in [3.05, 3.63) is 59.9 Å². The van der Waals surface area contributed by atoms with Gasteiger partial charge in [-0.15, -0.1) is 0 Å². The summed E-state index contributed by atoms with van der Waals surface area (Å²) in [6, 6.07) is 11.8. The number of urea groups is 1. The van der Waals surface area contributed by atoms with E-state index in [-0.39, 0.29) is 23.5 Å². The molecule has 0 radical (unpaired) electrons. The number of benzene rings is 1. The van der Waals surface area contributed by atoms with Crippen molar-refractivity contribution < 1.29 is 9.59 Å². The van der Waals surface area contributed by atoms with Gasteiger partial charge in [-0.05, 0) is 58.0 Å². The summed E-state index contributed by atoms with van der Waals surface area (Å²) in [5, 5.41) is 8.46. The van der Waals surface area contributed by atoms with Crippen molar-refractivity contribution in [2.75, 3.05) is 5.32 Å².